The SMILES string of the molecule is CNc1nccc(-c2cccnc2Oc2ccc(Nc3nnc(-c4ccc(Cl)cc4)c4cccnc34)cc2)n1. The van der Waals surface area contributed by atoms with Crippen LogP contribution in [0.15, 0.2) is 97.5 Å². The Balaban J connectivity index is 1.25. The predicted molar refractivity (Wildman–Crippen MR) is 152 cm³/mol. The zero-order valence-corrected chi connectivity index (χ0v) is 21.5. The quantitative estimate of drug-likeness (QED) is 0.230. The zero-order chi connectivity index (χ0) is 26.6. The molecule has 0 aliphatic carbocycles. The summed E-state index contributed by atoms with van der Waals surface area (Å²) < 4.78 is 6.12. The van der Waals surface area contributed by atoms with Crippen molar-refractivity contribution in [2.75, 3.05) is 17.7 Å². The number of fused-ring (bicyclic) bond motifs is 1. The largest absolute Gasteiger partial charge is 0.438 e. The van der Waals surface area contributed by atoms with Crippen molar-refractivity contribution in [1.82, 2.24) is 30.1 Å². The van der Waals surface area contributed by atoms with E-state index in [4.69, 9.17) is 16.3 Å². The van der Waals surface area contributed by atoms with Gasteiger partial charge in [-0.3, -0.25) is 4.98 Å². The highest BCUT2D eigenvalue weighted by Gasteiger charge is 2.14. The lowest BCUT2D eigenvalue weighted by atomic mass is 10.1. The summed E-state index contributed by atoms with van der Waals surface area (Å²) in [5.41, 5.74) is 4.62. The first-order valence-corrected chi connectivity index (χ1v) is 12.4. The summed E-state index contributed by atoms with van der Waals surface area (Å²) in [6.45, 7) is 0. The molecule has 0 amide bonds. The van der Waals surface area contributed by atoms with Crippen LogP contribution < -0.4 is 15.4 Å². The van der Waals surface area contributed by atoms with Gasteiger partial charge in [-0.1, -0.05) is 23.7 Å². The van der Waals surface area contributed by atoms with Crippen LogP contribution in [0.2, 0.25) is 5.02 Å². The van der Waals surface area contributed by atoms with Crippen LogP contribution in [0.4, 0.5) is 17.5 Å². The molecule has 0 aliphatic rings. The second-order valence-corrected chi connectivity index (χ2v) is 8.86. The summed E-state index contributed by atoms with van der Waals surface area (Å²) >= 11 is 6.06. The number of nitrogens with zero attached hydrogens (tertiary/aromatic N) is 6. The first-order valence-electron chi connectivity index (χ1n) is 12.1. The van der Waals surface area contributed by atoms with E-state index in [0.717, 1.165) is 27.9 Å². The summed E-state index contributed by atoms with van der Waals surface area (Å²) in [5.74, 6) is 2.13. The van der Waals surface area contributed by atoms with Crippen molar-refractivity contribution in [3.05, 3.63) is 102 Å². The van der Waals surface area contributed by atoms with Crippen LogP contribution in [-0.4, -0.2) is 37.2 Å². The average Bonchev–Trinajstić information content (AvgIpc) is 2.99. The topological polar surface area (TPSA) is 111 Å². The number of hydrogen-bond acceptors (Lipinski definition) is 9. The maximum atomic E-state index is 6.12. The van der Waals surface area contributed by atoms with E-state index in [1.807, 2.05) is 78.9 Å². The van der Waals surface area contributed by atoms with E-state index in [1.165, 1.54) is 0 Å². The van der Waals surface area contributed by atoms with Crippen LogP contribution in [0.5, 0.6) is 11.6 Å². The first-order chi connectivity index (χ1) is 19.2. The molecule has 2 N–H and O–H groups in total. The third-order valence-electron chi connectivity index (χ3n) is 5.91. The van der Waals surface area contributed by atoms with Crippen molar-refractivity contribution in [3.63, 3.8) is 0 Å². The van der Waals surface area contributed by atoms with Gasteiger partial charge in [-0.2, -0.15) is 0 Å². The molecule has 4 heterocycles. The van der Waals surface area contributed by atoms with Crippen LogP contribution in [0.25, 0.3) is 33.4 Å². The number of benzene rings is 2. The fourth-order valence-electron chi connectivity index (χ4n) is 4.04. The third-order valence-corrected chi connectivity index (χ3v) is 6.16. The molecule has 6 rings (SSSR count). The number of halogens is 1. The van der Waals surface area contributed by atoms with Crippen LogP contribution in [-0.2, 0) is 0 Å². The molecule has 4 aromatic heterocycles. The maximum absolute atomic E-state index is 6.12. The highest BCUT2D eigenvalue weighted by Crippen LogP contribution is 2.33. The molecule has 0 spiro atoms. The Hall–Kier alpha value is -5.15. The molecule has 6 aromatic rings. The average molecular weight is 533 g/mol. The smallest absolute Gasteiger partial charge is 0.228 e. The van der Waals surface area contributed by atoms with Gasteiger partial charge in [0.25, 0.3) is 0 Å². The van der Waals surface area contributed by atoms with Crippen LogP contribution >= 0.6 is 11.6 Å². The summed E-state index contributed by atoms with van der Waals surface area (Å²) in [4.78, 5) is 17.7. The molecule has 0 bridgehead atoms. The molecule has 9 nitrogen and oxygen atoms in total. The minimum absolute atomic E-state index is 0.442. The predicted octanol–water partition coefficient (Wildman–Crippen LogP) is 6.77. The van der Waals surface area contributed by atoms with Gasteiger partial charge in [-0.15, -0.1) is 10.2 Å². The molecule has 0 saturated carbocycles. The van der Waals surface area contributed by atoms with Crippen molar-refractivity contribution < 1.29 is 4.74 Å². The second-order valence-electron chi connectivity index (χ2n) is 8.43. The first kappa shape index (κ1) is 24.2. The van der Waals surface area contributed by atoms with E-state index >= 15 is 0 Å². The lowest BCUT2D eigenvalue weighted by molar-refractivity contribution is 0.465. The number of aromatic nitrogens is 6. The zero-order valence-electron chi connectivity index (χ0n) is 20.7. The molecule has 2 aromatic carbocycles. The number of pyridine rings is 2. The second kappa shape index (κ2) is 10.7. The minimum atomic E-state index is 0.442. The van der Waals surface area contributed by atoms with Gasteiger partial charge >= 0.3 is 0 Å². The lowest BCUT2D eigenvalue weighted by Crippen LogP contribution is -2.00. The Morgan fingerprint density at radius 1 is 0.769 bits per heavy atom. The molecule has 10 heteroatoms. The number of ether oxygens (including phenoxy) is 1. The van der Waals surface area contributed by atoms with E-state index in [0.29, 0.717) is 39.6 Å². The summed E-state index contributed by atoms with van der Waals surface area (Å²) in [7, 11) is 1.77. The molecule has 0 radical (unpaired) electrons. The Morgan fingerprint density at radius 2 is 1.56 bits per heavy atom. The molecular weight excluding hydrogens is 512 g/mol. The Bertz CT molecular complexity index is 1760. The molecule has 0 fully saturated rings. The van der Waals surface area contributed by atoms with Crippen molar-refractivity contribution in [2.45, 2.75) is 0 Å². The third kappa shape index (κ3) is 5.16. The van der Waals surface area contributed by atoms with Gasteiger partial charge < -0.3 is 15.4 Å². The lowest BCUT2D eigenvalue weighted by Gasteiger charge is -2.12. The van der Waals surface area contributed by atoms with Crippen LogP contribution in [0, 0.1) is 0 Å². The number of nitrogens with one attached hydrogen (secondary N) is 2. The highest BCUT2D eigenvalue weighted by atomic mass is 35.5. The van der Waals surface area contributed by atoms with E-state index in [1.54, 1.807) is 25.6 Å². The molecule has 0 saturated heterocycles. The van der Waals surface area contributed by atoms with Gasteiger partial charge in [0, 0.05) is 47.3 Å². The maximum Gasteiger partial charge on any atom is 0.228 e. The van der Waals surface area contributed by atoms with Crippen LogP contribution in [0.1, 0.15) is 0 Å². The monoisotopic (exact) mass is 532 g/mol. The van der Waals surface area contributed by atoms with E-state index in [9.17, 15) is 0 Å². The molecule has 0 aliphatic heterocycles. The van der Waals surface area contributed by atoms with Gasteiger partial charge in [0.2, 0.25) is 11.8 Å². The Labute approximate surface area is 229 Å². The number of anilines is 3. The van der Waals surface area contributed by atoms with Gasteiger partial charge in [0.15, 0.2) is 5.82 Å². The molecular formula is C29H21ClN8O. The van der Waals surface area contributed by atoms with Crippen molar-refractivity contribution in [3.8, 4) is 34.1 Å². The number of rotatable bonds is 7. The van der Waals surface area contributed by atoms with Gasteiger partial charge in [0.05, 0.1) is 11.3 Å². The van der Waals surface area contributed by atoms with Gasteiger partial charge in [-0.05, 0) is 66.7 Å². The summed E-state index contributed by atoms with van der Waals surface area (Å²) in [5, 5.41) is 16.7. The normalized spacial score (nSPS) is 10.8. The number of hydrogen-bond donors (Lipinski definition) is 2. The molecule has 0 atom stereocenters. The molecule has 0 unspecified atom stereocenters. The van der Waals surface area contributed by atoms with Crippen LogP contribution in [0.3, 0.4) is 0 Å². The van der Waals surface area contributed by atoms with E-state index < -0.39 is 0 Å². The summed E-state index contributed by atoms with van der Waals surface area (Å²) in [6.07, 6.45) is 5.10. The van der Waals surface area contributed by atoms with Gasteiger partial charge in [-0.25, -0.2) is 15.0 Å². The van der Waals surface area contributed by atoms with Crippen molar-refractivity contribution in [2.24, 2.45) is 0 Å². The molecule has 39 heavy (non-hydrogen) atoms. The van der Waals surface area contributed by atoms with E-state index in [-0.39, 0.29) is 0 Å². The fraction of sp³-hybridized carbons (Fsp3) is 0.0345. The van der Waals surface area contributed by atoms with Crippen molar-refractivity contribution in [1.29, 1.82) is 0 Å². The van der Waals surface area contributed by atoms with Crippen molar-refractivity contribution >= 4 is 40.0 Å². The van der Waals surface area contributed by atoms with E-state index in [2.05, 4.69) is 40.8 Å². The molecule has 190 valence electrons. The fourth-order valence-corrected chi connectivity index (χ4v) is 4.17. The minimum Gasteiger partial charge on any atom is -0.438 e. The Morgan fingerprint density at radius 3 is 2.38 bits per heavy atom. The summed E-state index contributed by atoms with van der Waals surface area (Å²) in [6, 6.07) is 24.4. The Kier molecular flexibility index (Phi) is 6.63. The van der Waals surface area contributed by atoms with Gasteiger partial charge in [0.1, 0.15) is 17.0 Å². The standard InChI is InChI=1S/C29H21ClN8O/c1-31-29-34-17-14-24(36-29)22-4-2-16-33-28(22)39-21-12-10-20(11-13-21)35-27-26-23(5-3-15-32-26)25(37-38-27)18-6-8-19(30)9-7-18/h2-17H,1H3,(H,35,38)(H,31,34,36). The highest BCUT2D eigenvalue weighted by molar-refractivity contribution is 6.30.